The van der Waals surface area contributed by atoms with Gasteiger partial charge in [0.15, 0.2) is 0 Å². The van der Waals surface area contributed by atoms with Gasteiger partial charge in [0.2, 0.25) is 0 Å². The van der Waals surface area contributed by atoms with Crippen molar-refractivity contribution in [3.8, 4) is 0 Å². The number of nitrogens with one attached hydrogen (secondary N) is 1. The molecule has 1 aromatic heterocycles. The monoisotopic (exact) mass is 389 g/mol. The van der Waals surface area contributed by atoms with Crippen molar-refractivity contribution < 1.29 is 27.5 Å². The first-order valence-electron chi connectivity index (χ1n) is 8.77. The van der Waals surface area contributed by atoms with Gasteiger partial charge >= 0.3 is 12.1 Å². The average Bonchev–Trinajstić information content (AvgIpc) is 3.08. The topological polar surface area (TPSA) is 59.2 Å². The molecule has 4 nitrogen and oxygen atoms in total. The number of esters is 1. The number of halogens is 3. The van der Waals surface area contributed by atoms with E-state index in [4.69, 9.17) is 4.74 Å². The lowest BCUT2D eigenvalue weighted by atomic mass is 10.0. The van der Waals surface area contributed by atoms with Crippen LogP contribution in [0.2, 0.25) is 0 Å². The molecule has 0 bridgehead atoms. The number of ketones is 1. The number of carbonyl (C=O) groups is 2. The maximum Gasteiger partial charge on any atom is 0.416 e. The smallest absolute Gasteiger partial charge is 0.416 e. The first-order valence-corrected chi connectivity index (χ1v) is 8.77. The van der Waals surface area contributed by atoms with Crippen LogP contribution in [0.3, 0.4) is 0 Å². The molecule has 1 N–H and O–H groups in total. The minimum atomic E-state index is -4.34. The van der Waals surface area contributed by atoms with Crippen LogP contribution < -0.4 is 0 Å². The van der Waals surface area contributed by atoms with Crippen molar-refractivity contribution in [2.45, 2.75) is 25.9 Å². The van der Waals surface area contributed by atoms with Crippen molar-refractivity contribution in [2.24, 2.45) is 0 Å². The van der Waals surface area contributed by atoms with Gasteiger partial charge in [-0.05, 0) is 49.1 Å². The van der Waals surface area contributed by atoms with Crippen molar-refractivity contribution in [1.29, 1.82) is 0 Å². The van der Waals surface area contributed by atoms with Gasteiger partial charge in [0, 0.05) is 17.1 Å². The van der Waals surface area contributed by atoms with E-state index in [1.54, 1.807) is 13.0 Å². The van der Waals surface area contributed by atoms with Crippen molar-refractivity contribution in [1.82, 2.24) is 4.98 Å². The van der Waals surface area contributed by atoms with Gasteiger partial charge in [0.25, 0.3) is 5.78 Å². The zero-order valence-corrected chi connectivity index (χ0v) is 15.1. The standard InChI is InChI=1S/C21H18F3NO3/c1-2-28-20(27)19(26)17-12-25-18-11-14(7-10-16(17)18)4-3-13-5-8-15(9-6-13)21(22,23)24/h5-12,25H,2-4H2,1H3. The molecule has 28 heavy (non-hydrogen) atoms. The molecule has 1 heterocycles. The molecule has 0 spiro atoms. The van der Waals surface area contributed by atoms with E-state index < -0.39 is 23.5 Å². The Balaban J connectivity index is 1.71. The molecule has 0 aliphatic rings. The maximum atomic E-state index is 12.6. The van der Waals surface area contributed by atoms with Crippen LogP contribution in [0.1, 0.15) is 34.0 Å². The third-order valence-corrected chi connectivity index (χ3v) is 4.44. The molecule has 0 fully saturated rings. The van der Waals surface area contributed by atoms with Crippen LogP contribution >= 0.6 is 0 Å². The number of hydrogen-bond donors (Lipinski definition) is 1. The highest BCUT2D eigenvalue weighted by Gasteiger charge is 2.29. The van der Waals surface area contributed by atoms with Gasteiger partial charge in [-0.2, -0.15) is 13.2 Å². The number of carbonyl (C=O) groups excluding carboxylic acids is 2. The average molecular weight is 389 g/mol. The van der Waals surface area contributed by atoms with Crippen molar-refractivity contribution in [2.75, 3.05) is 6.61 Å². The molecule has 3 rings (SSSR count). The summed E-state index contributed by atoms with van der Waals surface area (Å²) in [5.74, 6) is -1.60. The largest absolute Gasteiger partial charge is 0.460 e. The van der Waals surface area contributed by atoms with E-state index in [9.17, 15) is 22.8 Å². The SMILES string of the molecule is CCOC(=O)C(=O)c1c[nH]c2cc(CCc3ccc(C(F)(F)F)cc3)ccc12. The van der Waals surface area contributed by atoms with Gasteiger partial charge in [-0.25, -0.2) is 4.79 Å². The van der Waals surface area contributed by atoms with Crippen LogP contribution in [0.4, 0.5) is 13.2 Å². The summed E-state index contributed by atoms with van der Waals surface area (Å²) < 4.78 is 42.6. The molecule has 0 radical (unpaired) electrons. The number of ether oxygens (including phenoxy) is 1. The molecular formula is C21H18F3NO3. The normalized spacial score (nSPS) is 11.6. The maximum absolute atomic E-state index is 12.6. The van der Waals surface area contributed by atoms with Gasteiger partial charge in [-0.3, -0.25) is 4.79 Å². The Morgan fingerprint density at radius 3 is 2.29 bits per heavy atom. The number of hydrogen-bond acceptors (Lipinski definition) is 3. The minimum Gasteiger partial charge on any atom is -0.460 e. The zero-order chi connectivity index (χ0) is 20.3. The van der Waals surface area contributed by atoms with E-state index in [1.807, 2.05) is 12.1 Å². The lowest BCUT2D eigenvalue weighted by Gasteiger charge is -2.08. The van der Waals surface area contributed by atoms with Crippen molar-refractivity contribution in [3.63, 3.8) is 0 Å². The van der Waals surface area contributed by atoms with E-state index in [0.29, 0.717) is 23.7 Å². The summed E-state index contributed by atoms with van der Waals surface area (Å²) in [4.78, 5) is 26.7. The lowest BCUT2D eigenvalue weighted by molar-refractivity contribution is -0.138. The Kier molecular flexibility index (Phi) is 5.53. The number of aromatic amines is 1. The second-order valence-electron chi connectivity index (χ2n) is 6.33. The molecule has 2 aromatic carbocycles. The summed E-state index contributed by atoms with van der Waals surface area (Å²) in [7, 11) is 0. The molecule has 0 unspecified atom stereocenters. The number of rotatable bonds is 6. The van der Waals surface area contributed by atoms with Gasteiger partial charge in [0.05, 0.1) is 17.7 Å². The van der Waals surface area contributed by atoms with E-state index in [1.165, 1.54) is 18.3 Å². The number of aromatic nitrogens is 1. The molecule has 0 saturated heterocycles. The van der Waals surface area contributed by atoms with E-state index in [0.717, 1.165) is 23.3 Å². The molecular weight excluding hydrogens is 371 g/mol. The minimum absolute atomic E-state index is 0.126. The Hall–Kier alpha value is -3.09. The second-order valence-corrected chi connectivity index (χ2v) is 6.33. The van der Waals surface area contributed by atoms with E-state index >= 15 is 0 Å². The Labute approximate surface area is 159 Å². The third-order valence-electron chi connectivity index (χ3n) is 4.44. The summed E-state index contributed by atoms with van der Waals surface area (Å²) >= 11 is 0. The predicted octanol–water partition coefficient (Wildman–Crippen LogP) is 4.72. The van der Waals surface area contributed by atoms with Crippen LogP contribution in [0.5, 0.6) is 0 Å². The fraction of sp³-hybridized carbons (Fsp3) is 0.238. The number of Topliss-reactive ketones (excluding diaryl/α,β-unsaturated/α-hetero) is 1. The number of H-pyrrole nitrogens is 1. The predicted molar refractivity (Wildman–Crippen MR) is 98.1 cm³/mol. The number of alkyl halides is 3. The van der Waals surface area contributed by atoms with Crippen LogP contribution in [0.15, 0.2) is 48.7 Å². The molecule has 3 aromatic rings. The molecule has 0 saturated carbocycles. The summed E-state index contributed by atoms with van der Waals surface area (Å²) in [6.45, 7) is 1.75. The quantitative estimate of drug-likeness (QED) is 0.377. The molecule has 0 aliphatic carbocycles. The highest BCUT2D eigenvalue weighted by Crippen LogP contribution is 2.29. The van der Waals surface area contributed by atoms with E-state index in [-0.39, 0.29) is 12.2 Å². The van der Waals surface area contributed by atoms with Crippen molar-refractivity contribution >= 4 is 22.7 Å². The van der Waals surface area contributed by atoms with E-state index in [2.05, 4.69) is 4.98 Å². The summed E-state index contributed by atoms with van der Waals surface area (Å²) in [5, 5.41) is 0.622. The van der Waals surface area contributed by atoms with Gasteiger partial charge in [-0.1, -0.05) is 24.3 Å². The summed E-state index contributed by atoms with van der Waals surface area (Å²) in [6, 6.07) is 10.6. The number of benzene rings is 2. The number of fused-ring (bicyclic) bond motifs is 1. The first-order chi connectivity index (χ1) is 13.3. The Morgan fingerprint density at radius 2 is 1.64 bits per heavy atom. The Bertz CT molecular complexity index is 1000. The second kappa shape index (κ2) is 7.88. The molecule has 7 heteroatoms. The fourth-order valence-electron chi connectivity index (χ4n) is 2.97. The van der Waals surface area contributed by atoms with Gasteiger partial charge in [0.1, 0.15) is 0 Å². The van der Waals surface area contributed by atoms with Crippen molar-refractivity contribution in [3.05, 3.63) is 70.9 Å². The first kappa shape index (κ1) is 19.7. The van der Waals surface area contributed by atoms with Crippen LogP contribution in [0.25, 0.3) is 10.9 Å². The highest BCUT2D eigenvalue weighted by molar-refractivity contribution is 6.42. The Morgan fingerprint density at radius 1 is 1.00 bits per heavy atom. The fourth-order valence-corrected chi connectivity index (χ4v) is 2.97. The van der Waals surface area contributed by atoms with Crippen LogP contribution in [-0.2, 0) is 28.5 Å². The van der Waals surface area contributed by atoms with Crippen LogP contribution in [0, 0.1) is 0 Å². The van der Waals surface area contributed by atoms with Gasteiger partial charge in [-0.15, -0.1) is 0 Å². The highest BCUT2D eigenvalue weighted by atomic mass is 19.4. The third kappa shape index (κ3) is 4.24. The summed E-state index contributed by atoms with van der Waals surface area (Å²) in [5.41, 5.74) is 2.06. The molecule has 0 aliphatic heterocycles. The molecule has 0 amide bonds. The summed E-state index contributed by atoms with van der Waals surface area (Å²) in [6.07, 6.45) is -1.65. The van der Waals surface area contributed by atoms with Gasteiger partial charge < -0.3 is 9.72 Å². The van der Waals surface area contributed by atoms with Crippen LogP contribution in [-0.4, -0.2) is 23.3 Å². The lowest BCUT2D eigenvalue weighted by Crippen LogP contribution is -2.17. The number of aryl methyl sites for hydroxylation is 2. The zero-order valence-electron chi connectivity index (χ0n) is 15.1. The molecule has 0 atom stereocenters. The molecule has 146 valence electrons.